The van der Waals surface area contributed by atoms with Crippen molar-refractivity contribution in [2.45, 2.75) is 6.92 Å². The molecule has 1 fully saturated rings. The average Bonchev–Trinajstić information content (AvgIpc) is 2.89. The molecular formula is C28H28FN7O2. The Morgan fingerprint density at radius 3 is 2.61 bits per heavy atom. The molecule has 194 valence electrons. The van der Waals surface area contributed by atoms with Crippen LogP contribution in [0.3, 0.4) is 0 Å². The summed E-state index contributed by atoms with van der Waals surface area (Å²) in [5.74, 6) is -0.464. The second kappa shape index (κ2) is 10.4. The number of hydrogen-bond acceptors (Lipinski definition) is 7. The van der Waals surface area contributed by atoms with Crippen molar-refractivity contribution in [3.05, 3.63) is 89.1 Å². The summed E-state index contributed by atoms with van der Waals surface area (Å²) in [6.07, 6.45) is 2.81. The van der Waals surface area contributed by atoms with Gasteiger partial charge in [-0.1, -0.05) is 12.6 Å². The molecule has 0 saturated carbocycles. The molecule has 2 aromatic carbocycles. The molecule has 5 rings (SSSR count). The van der Waals surface area contributed by atoms with Gasteiger partial charge in [-0.25, -0.2) is 9.37 Å². The predicted octanol–water partition coefficient (Wildman–Crippen LogP) is 3.85. The van der Waals surface area contributed by atoms with Gasteiger partial charge in [0.1, 0.15) is 5.82 Å². The lowest BCUT2D eigenvalue weighted by Crippen LogP contribution is -2.44. The van der Waals surface area contributed by atoms with E-state index in [2.05, 4.69) is 39.1 Å². The number of amides is 1. The van der Waals surface area contributed by atoms with E-state index in [-0.39, 0.29) is 23.2 Å². The molecule has 1 aliphatic rings. The van der Waals surface area contributed by atoms with Crippen molar-refractivity contribution in [3.63, 3.8) is 0 Å². The van der Waals surface area contributed by atoms with E-state index in [1.165, 1.54) is 22.8 Å². The highest BCUT2D eigenvalue weighted by atomic mass is 19.1. The first-order valence-electron chi connectivity index (χ1n) is 12.3. The smallest absolute Gasteiger partial charge is 0.257 e. The number of benzene rings is 2. The Bertz CT molecular complexity index is 1590. The zero-order valence-electron chi connectivity index (χ0n) is 21.2. The van der Waals surface area contributed by atoms with Crippen molar-refractivity contribution in [2.24, 2.45) is 0 Å². The van der Waals surface area contributed by atoms with E-state index < -0.39 is 0 Å². The van der Waals surface area contributed by atoms with Crippen LogP contribution in [0.1, 0.15) is 5.56 Å². The minimum atomic E-state index is -0.358. The third-order valence-corrected chi connectivity index (χ3v) is 6.57. The summed E-state index contributed by atoms with van der Waals surface area (Å²) in [6, 6.07) is 13.4. The number of rotatable bonds is 6. The molecule has 9 nitrogen and oxygen atoms in total. The van der Waals surface area contributed by atoms with Crippen LogP contribution in [0.4, 0.5) is 27.4 Å². The highest BCUT2D eigenvalue weighted by Crippen LogP contribution is 2.26. The summed E-state index contributed by atoms with van der Waals surface area (Å²) in [5.41, 5.74) is 2.92. The first kappa shape index (κ1) is 25.1. The highest BCUT2D eigenvalue weighted by Gasteiger charge is 2.18. The van der Waals surface area contributed by atoms with Gasteiger partial charge in [-0.15, -0.1) is 0 Å². The van der Waals surface area contributed by atoms with Gasteiger partial charge in [-0.3, -0.25) is 14.2 Å². The van der Waals surface area contributed by atoms with Gasteiger partial charge in [0.25, 0.3) is 5.56 Å². The van der Waals surface area contributed by atoms with Crippen LogP contribution < -0.4 is 21.1 Å². The molecule has 4 aromatic rings. The Hall–Kier alpha value is -4.57. The fraction of sp³-hybridized carbons (Fsp3) is 0.214. The molecule has 1 amide bonds. The molecule has 3 heterocycles. The second-order valence-electron chi connectivity index (χ2n) is 9.26. The van der Waals surface area contributed by atoms with E-state index in [1.54, 1.807) is 42.6 Å². The van der Waals surface area contributed by atoms with E-state index in [1.807, 2.05) is 11.8 Å². The number of nitrogens with one attached hydrogen (secondary N) is 2. The number of aromatic nitrogens is 3. The molecule has 10 heteroatoms. The fourth-order valence-electron chi connectivity index (χ4n) is 4.50. The topological polar surface area (TPSA) is 95.4 Å². The molecule has 0 radical (unpaired) electrons. The number of carbonyl (C=O) groups is 1. The number of nitrogens with zero attached hydrogens (tertiary/aromatic N) is 5. The van der Waals surface area contributed by atoms with Gasteiger partial charge in [0, 0.05) is 55.2 Å². The molecule has 1 aliphatic heterocycles. The van der Waals surface area contributed by atoms with Gasteiger partial charge in [-0.05, 0) is 62.0 Å². The van der Waals surface area contributed by atoms with Crippen LogP contribution in [0.2, 0.25) is 0 Å². The van der Waals surface area contributed by atoms with Gasteiger partial charge in [0.05, 0.1) is 11.4 Å². The number of fused-ring (bicyclic) bond motifs is 1. The summed E-state index contributed by atoms with van der Waals surface area (Å²) in [4.78, 5) is 38.1. The maximum absolute atomic E-state index is 15.0. The predicted molar refractivity (Wildman–Crippen MR) is 148 cm³/mol. The Labute approximate surface area is 219 Å². The SMILES string of the molecule is C=CC(=O)Nc1cccc(-n2c(=O)cc(C)c3cnc(Nc4ccc(N5CCN(C)CC5)c(F)c4)nc32)c1. The molecule has 0 atom stereocenters. The molecule has 0 spiro atoms. The number of hydrogen-bond donors (Lipinski definition) is 2. The lowest BCUT2D eigenvalue weighted by atomic mass is 10.2. The third kappa shape index (κ3) is 5.12. The largest absolute Gasteiger partial charge is 0.367 e. The molecule has 2 aromatic heterocycles. The van der Waals surface area contributed by atoms with Crippen molar-refractivity contribution in [3.8, 4) is 5.69 Å². The standard InChI is InChI=1S/C28H28FN7O2/c1-4-25(37)31-19-6-5-7-21(15-19)36-26(38)14-18(2)22-17-30-28(33-27(22)36)32-20-8-9-24(23(29)16-20)35-12-10-34(3)11-13-35/h4-9,14-17H,1,10-13H2,2-3H3,(H,31,37)(H,30,32,33). The lowest BCUT2D eigenvalue weighted by Gasteiger charge is -2.34. The highest BCUT2D eigenvalue weighted by molar-refractivity contribution is 5.99. The Kier molecular flexibility index (Phi) is 6.89. The van der Waals surface area contributed by atoms with E-state index >= 15 is 4.39 Å². The van der Waals surface area contributed by atoms with Crippen molar-refractivity contribution in [1.82, 2.24) is 19.4 Å². The Balaban J connectivity index is 1.49. The van der Waals surface area contributed by atoms with Crippen molar-refractivity contribution < 1.29 is 9.18 Å². The number of pyridine rings is 1. The fourth-order valence-corrected chi connectivity index (χ4v) is 4.50. The maximum Gasteiger partial charge on any atom is 0.257 e. The molecular weight excluding hydrogens is 485 g/mol. The van der Waals surface area contributed by atoms with Crippen LogP contribution >= 0.6 is 0 Å². The first-order chi connectivity index (χ1) is 18.3. The van der Waals surface area contributed by atoms with E-state index in [0.717, 1.165) is 31.7 Å². The quantitative estimate of drug-likeness (QED) is 0.378. The van der Waals surface area contributed by atoms with E-state index in [4.69, 9.17) is 0 Å². The van der Waals surface area contributed by atoms with Crippen molar-refractivity contribution in [1.29, 1.82) is 0 Å². The first-order valence-corrected chi connectivity index (χ1v) is 12.3. The number of halogens is 1. The number of anilines is 4. The number of likely N-dealkylation sites (N-methyl/N-ethyl adjacent to an activating group) is 1. The molecule has 0 unspecified atom stereocenters. The van der Waals surface area contributed by atoms with Crippen LogP contribution in [0.15, 0.2) is 72.2 Å². The maximum atomic E-state index is 15.0. The molecule has 0 bridgehead atoms. The van der Waals surface area contributed by atoms with E-state index in [0.29, 0.717) is 33.8 Å². The second-order valence-corrected chi connectivity index (χ2v) is 9.26. The summed E-state index contributed by atoms with van der Waals surface area (Å²) < 4.78 is 16.5. The van der Waals surface area contributed by atoms with Gasteiger partial charge < -0.3 is 20.4 Å². The van der Waals surface area contributed by atoms with Crippen LogP contribution in [0.25, 0.3) is 16.7 Å². The number of carbonyl (C=O) groups excluding carboxylic acids is 1. The van der Waals surface area contributed by atoms with Crippen LogP contribution in [0.5, 0.6) is 0 Å². The Morgan fingerprint density at radius 2 is 1.87 bits per heavy atom. The van der Waals surface area contributed by atoms with Crippen LogP contribution in [-0.4, -0.2) is 58.6 Å². The minimum absolute atomic E-state index is 0.221. The monoisotopic (exact) mass is 513 g/mol. The zero-order chi connectivity index (χ0) is 26.8. The van der Waals surface area contributed by atoms with Crippen LogP contribution in [0, 0.1) is 12.7 Å². The number of aryl methyl sites for hydroxylation is 1. The van der Waals surface area contributed by atoms with Gasteiger partial charge in [0.2, 0.25) is 11.9 Å². The van der Waals surface area contributed by atoms with Crippen molar-refractivity contribution >= 4 is 40.0 Å². The third-order valence-electron chi connectivity index (χ3n) is 6.57. The summed E-state index contributed by atoms with van der Waals surface area (Å²) >= 11 is 0. The zero-order valence-corrected chi connectivity index (χ0v) is 21.2. The Morgan fingerprint density at radius 1 is 1.08 bits per heavy atom. The molecule has 0 aliphatic carbocycles. The molecule has 2 N–H and O–H groups in total. The van der Waals surface area contributed by atoms with Crippen LogP contribution in [-0.2, 0) is 4.79 Å². The van der Waals surface area contributed by atoms with Crippen molar-refractivity contribution in [2.75, 3.05) is 48.8 Å². The van der Waals surface area contributed by atoms with Gasteiger partial charge in [0.15, 0.2) is 5.65 Å². The number of piperazine rings is 1. The molecule has 1 saturated heterocycles. The lowest BCUT2D eigenvalue weighted by molar-refractivity contribution is -0.111. The summed E-state index contributed by atoms with van der Waals surface area (Å²) in [7, 11) is 2.06. The average molecular weight is 514 g/mol. The minimum Gasteiger partial charge on any atom is -0.367 e. The van der Waals surface area contributed by atoms with Gasteiger partial charge >= 0.3 is 0 Å². The normalized spacial score (nSPS) is 13.9. The van der Waals surface area contributed by atoms with Gasteiger partial charge in [-0.2, -0.15) is 4.98 Å². The summed E-state index contributed by atoms with van der Waals surface area (Å²) in [6.45, 7) is 8.58. The summed E-state index contributed by atoms with van der Waals surface area (Å²) in [5, 5.41) is 6.45. The molecule has 38 heavy (non-hydrogen) atoms. The van der Waals surface area contributed by atoms with E-state index in [9.17, 15) is 9.59 Å².